The molecule has 3 aromatic carbocycles. The Labute approximate surface area is 134 Å². The van der Waals surface area contributed by atoms with E-state index in [0.29, 0.717) is 0 Å². The van der Waals surface area contributed by atoms with Gasteiger partial charge in [-0.25, -0.2) is 4.68 Å². The van der Waals surface area contributed by atoms with E-state index in [1.54, 1.807) is 4.68 Å². The molecule has 3 heteroatoms. The van der Waals surface area contributed by atoms with Crippen molar-refractivity contribution in [3.05, 3.63) is 91.1 Å². The van der Waals surface area contributed by atoms with Crippen LogP contribution in [0.4, 0.5) is 5.69 Å². The third kappa shape index (κ3) is 2.64. The molecular formula is C20H15N3. The molecule has 0 saturated carbocycles. The maximum absolute atomic E-state index is 4.46. The Morgan fingerprint density at radius 1 is 0.652 bits per heavy atom. The van der Waals surface area contributed by atoms with Gasteiger partial charge in [-0.15, -0.1) is 5.11 Å². The SMILES string of the molecule is c1ccc(-c2ccccc2N=Nn2ccc3ccccc32)cc1. The van der Waals surface area contributed by atoms with Gasteiger partial charge in [0.2, 0.25) is 0 Å². The second kappa shape index (κ2) is 5.89. The van der Waals surface area contributed by atoms with Crippen LogP contribution in [0.1, 0.15) is 0 Å². The zero-order valence-electron chi connectivity index (χ0n) is 12.5. The van der Waals surface area contributed by atoms with Crippen molar-refractivity contribution in [2.45, 2.75) is 0 Å². The molecule has 0 fully saturated rings. The van der Waals surface area contributed by atoms with Gasteiger partial charge in [-0.2, -0.15) is 0 Å². The Balaban J connectivity index is 1.75. The Morgan fingerprint density at radius 3 is 2.30 bits per heavy atom. The second-order valence-electron chi connectivity index (χ2n) is 5.29. The molecule has 0 spiro atoms. The van der Waals surface area contributed by atoms with Crippen LogP contribution in [0, 0.1) is 0 Å². The number of nitrogens with zero attached hydrogens (tertiary/aromatic N) is 3. The largest absolute Gasteiger partial charge is 0.222 e. The Kier molecular flexibility index (Phi) is 3.45. The van der Waals surface area contributed by atoms with Gasteiger partial charge in [0.15, 0.2) is 0 Å². The Morgan fingerprint density at radius 2 is 1.39 bits per heavy atom. The summed E-state index contributed by atoms with van der Waals surface area (Å²) in [5.41, 5.74) is 4.12. The van der Waals surface area contributed by atoms with Gasteiger partial charge in [-0.1, -0.05) is 72.0 Å². The van der Waals surface area contributed by atoms with Crippen LogP contribution in [-0.4, -0.2) is 4.68 Å². The molecule has 1 aromatic heterocycles. The third-order valence-electron chi connectivity index (χ3n) is 3.82. The summed E-state index contributed by atoms with van der Waals surface area (Å²) < 4.78 is 1.80. The van der Waals surface area contributed by atoms with Crippen molar-refractivity contribution in [3.8, 4) is 11.1 Å². The minimum absolute atomic E-state index is 0.858. The highest BCUT2D eigenvalue weighted by Crippen LogP contribution is 2.30. The lowest BCUT2D eigenvalue weighted by Crippen LogP contribution is -1.83. The van der Waals surface area contributed by atoms with Crippen molar-refractivity contribution < 1.29 is 0 Å². The molecule has 4 aromatic rings. The lowest BCUT2D eigenvalue weighted by atomic mass is 10.0. The molecule has 1 heterocycles. The average molecular weight is 297 g/mol. The molecule has 0 unspecified atom stereocenters. The van der Waals surface area contributed by atoms with Crippen LogP contribution in [0.3, 0.4) is 0 Å². The number of rotatable bonds is 3. The summed E-state index contributed by atoms with van der Waals surface area (Å²) in [6, 6.07) is 28.5. The van der Waals surface area contributed by atoms with E-state index < -0.39 is 0 Å². The molecule has 0 aliphatic carbocycles. The second-order valence-corrected chi connectivity index (χ2v) is 5.29. The molecule has 0 aliphatic rings. The average Bonchev–Trinajstić information content (AvgIpc) is 3.04. The molecule has 3 nitrogen and oxygen atoms in total. The number of hydrogen-bond donors (Lipinski definition) is 0. The van der Waals surface area contributed by atoms with Crippen molar-refractivity contribution in [2.24, 2.45) is 10.3 Å². The molecule has 0 aliphatic heterocycles. The molecule has 0 amide bonds. The van der Waals surface area contributed by atoms with Gasteiger partial charge >= 0.3 is 0 Å². The van der Waals surface area contributed by atoms with E-state index in [0.717, 1.165) is 27.7 Å². The molecule has 110 valence electrons. The lowest BCUT2D eigenvalue weighted by molar-refractivity contribution is 0.841. The number of para-hydroxylation sites is 1. The molecule has 0 atom stereocenters. The van der Waals surface area contributed by atoms with Crippen molar-refractivity contribution in [3.63, 3.8) is 0 Å². The molecular weight excluding hydrogens is 282 g/mol. The summed E-state index contributed by atoms with van der Waals surface area (Å²) >= 11 is 0. The van der Waals surface area contributed by atoms with Gasteiger partial charge in [0.1, 0.15) is 0 Å². The highest BCUT2D eigenvalue weighted by molar-refractivity contribution is 5.80. The van der Waals surface area contributed by atoms with Gasteiger partial charge in [0, 0.05) is 17.1 Å². The van der Waals surface area contributed by atoms with Crippen LogP contribution in [-0.2, 0) is 0 Å². The van der Waals surface area contributed by atoms with Gasteiger partial charge in [-0.3, -0.25) is 0 Å². The molecule has 0 radical (unpaired) electrons. The predicted octanol–water partition coefficient (Wildman–Crippen LogP) is 5.86. The number of fused-ring (bicyclic) bond motifs is 1. The van der Waals surface area contributed by atoms with Gasteiger partial charge in [-0.05, 0) is 23.8 Å². The Hall–Kier alpha value is -3.20. The first-order chi connectivity index (χ1) is 11.4. The van der Waals surface area contributed by atoms with Gasteiger partial charge in [0.05, 0.1) is 11.2 Å². The molecule has 0 saturated heterocycles. The summed E-state index contributed by atoms with van der Waals surface area (Å²) in [6.07, 6.45) is 1.93. The van der Waals surface area contributed by atoms with E-state index in [1.807, 2.05) is 66.9 Å². The van der Waals surface area contributed by atoms with Crippen molar-refractivity contribution in [1.29, 1.82) is 0 Å². The monoisotopic (exact) mass is 297 g/mol. The fourth-order valence-corrected chi connectivity index (χ4v) is 2.67. The minimum Gasteiger partial charge on any atom is -0.222 e. The molecule has 0 bridgehead atoms. The van der Waals surface area contributed by atoms with E-state index in [1.165, 1.54) is 0 Å². The fourth-order valence-electron chi connectivity index (χ4n) is 2.67. The fraction of sp³-hybridized carbons (Fsp3) is 0. The van der Waals surface area contributed by atoms with E-state index in [2.05, 4.69) is 34.6 Å². The summed E-state index contributed by atoms with van der Waals surface area (Å²) in [6.45, 7) is 0. The Bertz CT molecular complexity index is 968. The van der Waals surface area contributed by atoms with Crippen LogP contribution >= 0.6 is 0 Å². The van der Waals surface area contributed by atoms with Crippen molar-refractivity contribution >= 4 is 16.6 Å². The smallest absolute Gasteiger partial charge is 0.0952 e. The summed E-state index contributed by atoms with van der Waals surface area (Å²) in [4.78, 5) is 0. The maximum atomic E-state index is 4.46. The van der Waals surface area contributed by atoms with E-state index in [4.69, 9.17) is 0 Å². The summed E-state index contributed by atoms with van der Waals surface area (Å²) in [5.74, 6) is 0. The van der Waals surface area contributed by atoms with Crippen LogP contribution in [0.15, 0.2) is 101 Å². The quantitative estimate of drug-likeness (QED) is 0.424. The number of benzene rings is 3. The predicted molar refractivity (Wildman–Crippen MR) is 93.7 cm³/mol. The van der Waals surface area contributed by atoms with Crippen LogP contribution in [0.25, 0.3) is 22.0 Å². The summed E-state index contributed by atoms with van der Waals surface area (Å²) in [5, 5.41) is 10.0. The molecule has 0 N–H and O–H groups in total. The first kappa shape index (κ1) is 13.5. The molecule has 4 rings (SSSR count). The highest BCUT2D eigenvalue weighted by atomic mass is 15.5. The zero-order valence-corrected chi connectivity index (χ0v) is 12.5. The van der Waals surface area contributed by atoms with Crippen LogP contribution in [0.2, 0.25) is 0 Å². The zero-order chi connectivity index (χ0) is 15.5. The van der Waals surface area contributed by atoms with Gasteiger partial charge < -0.3 is 0 Å². The van der Waals surface area contributed by atoms with E-state index in [9.17, 15) is 0 Å². The molecule has 23 heavy (non-hydrogen) atoms. The maximum Gasteiger partial charge on any atom is 0.0952 e. The summed E-state index contributed by atoms with van der Waals surface area (Å²) in [7, 11) is 0. The van der Waals surface area contributed by atoms with E-state index in [-0.39, 0.29) is 0 Å². The van der Waals surface area contributed by atoms with Crippen LogP contribution < -0.4 is 0 Å². The topological polar surface area (TPSA) is 29.6 Å². The van der Waals surface area contributed by atoms with E-state index >= 15 is 0 Å². The number of hydrogen-bond acceptors (Lipinski definition) is 2. The minimum atomic E-state index is 0.858. The van der Waals surface area contributed by atoms with Gasteiger partial charge in [0.25, 0.3) is 0 Å². The normalized spacial score (nSPS) is 11.3. The first-order valence-corrected chi connectivity index (χ1v) is 7.54. The van der Waals surface area contributed by atoms with Crippen LogP contribution in [0.5, 0.6) is 0 Å². The van der Waals surface area contributed by atoms with Crippen molar-refractivity contribution in [2.75, 3.05) is 0 Å². The third-order valence-corrected chi connectivity index (χ3v) is 3.82. The highest BCUT2D eigenvalue weighted by Gasteiger charge is 2.03. The lowest BCUT2D eigenvalue weighted by Gasteiger charge is -2.04. The van der Waals surface area contributed by atoms with Crippen molar-refractivity contribution in [1.82, 2.24) is 4.68 Å². The standard InChI is InChI=1S/C20H15N3/c1-2-8-16(9-3-1)18-11-5-6-12-19(18)21-22-23-15-14-17-10-4-7-13-20(17)23/h1-15H. The first-order valence-electron chi connectivity index (χ1n) is 7.54. The number of aromatic nitrogens is 1.